The highest BCUT2D eigenvalue weighted by Crippen LogP contribution is 2.47. The molecule has 2 atom stereocenters. The Kier molecular flexibility index (Phi) is 5.13. The number of hydrogen-bond acceptors (Lipinski definition) is 4. The van der Waals surface area contributed by atoms with E-state index in [9.17, 15) is 9.59 Å². The van der Waals surface area contributed by atoms with Crippen molar-refractivity contribution in [3.8, 4) is 11.1 Å². The van der Waals surface area contributed by atoms with Crippen LogP contribution in [0.2, 0.25) is 10.0 Å². The van der Waals surface area contributed by atoms with Gasteiger partial charge in [0.05, 0.1) is 12.7 Å². The monoisotopic (exact) mass is 459 g/mol. The van der Waals surface area contributed by atoms with Gasteiger partial charge in [-0.3, -0.25) is 9.59 Å². The second-order valence-electron chi connectivity index (χ2n) is 8.76. The molecule has 0 radical (unpaired) electrons. The molecule has 5 rings (SSSR count). The number of rotatable bonds is 2. The van der Waals surface area contributed by atoms with Crippen molar-refractivity contribution < 1.29 is 19.1 Å². The zero-order chi connectivity index (χ0) is 21.8. The molecule has 1 amide bonds. The summed E-state index contributed by atoms with van der Waals surface area (Å²) in [4.78, 5) is 26.6. The molecule has 2 spiro atoms. The Hall–Kier alpha value is -1.92. The number of ether oxygens (including phenoxy) is 2. The normalized spacial score (nSPS) is 32.7. The van der Waals surface area contributed by atoms with Crippen molar-refractivity contribution in [2.75, 3.05) is 6.61 Å². The number of amides is 1. The van der Waals surface area contributed by atoms with Crippen molar-refractivity contribution in [2.24, 2.45) is 0 Å². The predicted molar refractivity (Wildman–Crippen MR) is 118 cm³/mol. The molecular formula is C24H23Cl2NO4. The number of ketones is 1. The zero-order valence-electron chi connectivity index (χ0n) is 17.1. The fraction of sp³-hybridized carbons (Fsp3) is 0.417. The first-order valence-corrected chi connectivity index (χ1v) is 11.3. The summed E-state index contributed by atoms with van der Waals surface area (Å²) in [5.41, 5.74) is 1.47. The van der Waals surface area contributed by atoms with Gasteiger partial charge >= 0.3 is 0 Å². The van der Waals surface area contributed by atoms with Gasteiger partial charge in [-0.25, -0.2) is 0 Å². The minimum absolute atomic E-state index is 0.0464. The van der Waals surface area contributed by atoms with Crippen LogP contribution in [0.15, 0.2) is 42.5 Å². The lowest BCUT2D eigenvalue weighted by atomic mass is 9.74. The molecular weight excluding hydrogens is 437 g/mol. The van der Waals surface area contributed by atoms with Crippen molar-refractivity contribution in [3.05, 3.63) is 58.1 Å². The molecule has 2 unspecified atom stereocenters. The van der Waals surface area contributed by atoms with Crippen LogP contribution in [0.4, 0.5) is 0 Å². The maximum absolute atomic E-state index is 13.6. The number of benzene rings is 2. The Labute approximate surface area is 191 Å². The van der Waals surface area contributed by atoms with Crippen LogP contribution in [0.3, 0.4) is 0 Å². The summed E-state index contributed by atoms with van der Waals surface area (Å²) in [7, 11) is 0. The molecule has 162 valence electrons. The van der Waals surface area contributed by atoms with E-state index in [0.29, 0.717) is 47.9 Å². The first-order valence-electron chi connectivity index (χ1n) is 10.5. The van der Waals surface area contributed by atoms with E-state index < -0.39 is 17.2 Å². The third kappa shape index (κ3) is 3.58. The molecule has 31 heavy (non-hydrogen) atoms. The minimum Gasteiger partial charge on any atom is -0.347 e. The van der Waals surface area contributed by atoms with Crippen molar-refractivity contribution in [2.45, 2.75) is 56.0 Å². The predicted octanol–water partition coefficient (Wildman–Crippen LogP) is 4.89. The van der Waals surface area contributed by atoms with Gasteiger partial charge in [0.1, 0.15) is 11.5 Å². The van der Waals surface area contributed by atoms with Crippen LogP contribution >= 0.6 is 23.2 Å². The molecule has 3 aliphatic rings. The second-order valence-corrected chi connectivity index (χ2v) is 9.61. The fourth-order valence-electron chi connectivity index (χ4n) is 5.03. The number of carbonyl (C=O) groups excluding carboxylic acids is 2. The van der Waals surface area contributed by atoms with Gasteiger partial charge in [0.15, 0.2) is 11.6 Å². The van der Waals surface area contributed by atoms with Gasteiger partial charge in [-0.15, -0.1) is 0 Å². The van der Waals surface area contributed by atoms with Gasteiger partial charge in [-0.05, 0) is 60.7 Å². The van der Waals surface area contributed by atoms with Crippen LogP contribution in [-0.4, -0.2) is 35.7 Å². The molecule has 2 aliphatic heterocycles. The van der Waals surface area contributed by atoms with Gasteiger partial charge in [0.25, 0.3) is 0 Å². The van der Waals surface area contributed by atoms with E-state index >= 15 is 0 Å². The summed E-state index contributed by atoms with van der Waals surface area (Å²) >= 11 is 12.5. The maximum atomic E-state index is 13.6. The lowest BCUT2D eigenvalue weighted by Crippen LogP contribution is -2.53. The second kappa shape index (κ2) is 7.59. The summed E-state index contributed by atoms with van der Waals surface area (Å²) in [5, 5.41) is 4.06. The van der Waals surface area contributed by atoms with Gasteiger partial charge in [0, 0.05) is 22.9 Å². The maximum Gasteiger partial charge on any atom is 0.236 e. The number of hydrogen-bond donors (Lipinski definition) is 1. The first-order chi connectivity index (χ1) is 14.8. The van der Waals surface area contributed by atoms with Crippen molar-refractivity contribution in [3.63, 3.8) is 0 Å². The Morgan fingerprint density at radius 1 is 0.968 bits per heavy atom. The molecule has 7 heteroatoms. The van der Waals surface area contributed by atoms with E-state index in [4.69, 9.17) is 32.7 Å². The van der Waals surface area contributed by atoms with E-state index in [1.165, 1.54) is 0 Å². The quantitative estimate of drug-likeness (QED) is 0.649. The summed E-state index contributed by atoms with van der Waals surface area (Å²) < 4.78 is 11.9. The van der Waals surface area contributed by atoms with Crippen LogP contribution < -0.4 is 5.32 Å². The summed E-state index contributed by atoms with van der Waals surface area (Å²) in [6.45, 7) is 2.54. The van der Waals surface area contributed by atoms with Crippen LogP contribution in [0, 0.1) is 0 Å². The molecule has 1 N–H and O–H groups in total. The van der Waals surface area contributed by atoms with Gasteiger partial charge in [-0.1, -0.05) is 41.4 Å². The van der Waals surface area contributed by atoms with Crippen LogP contribution in [0.25, 0.3) is 11.1 Å². The Morgan fingerprint density at radius 2 is 1.65 bits per heavy atom. The number of carbonyl (C=O) groups is 2. The average molecular weight is 460 g/mol. The summed E-state index contributed by atoms with van der Waals surface area (Å²) in [5.74, 6) is -1.95. The molecule has 2 heterocycles. The van der Waals surface area contributed by atoms with Crippen molar-refractivity contribution in [1.29, 1.82) is 0 Å². The minimum atomic E-state index is -0.918. The Balaban J connectivity index is 1.43. The summed E-state index contributed by atoms with van der Waals surface area (Å²) in [6, 6.07) is 12.9. The Bertz CT molecular complexity index is 1040. The third-order valence-electron chi connectivity index (χ3n) is 6.71. The molecule has 3 fully saturated rings. The first kappa shape index (κ1) is 21.0. The highest BCUT2D eigenvalue weighted by molar-refractivity contribution is 6.33. The molecule has 0 bridgehead atoms. The van der Waals surface area contributed by atoms with Crippen LogP contribution in [-0.2, 0) is 19.1 Å². The lowest BCUT2D eigenvalue weighted by Gasteiger charge is -2.40. The smallest absolute Gasteiger partial charge is 0.236 e. The highest BCUT2D eigenvalue weighted by Gasteiger charge is 2.58. The fourth-order valence-corrected chi connectivity index (χ4v) is 5.38. The average Bonchev–Trinajstić information content (AvgIpc) is 3.23. The van der Waals surface area contributed by atoms with Gasteiger partial charge in [0.2, 0.25) is 5.91 Å². The van der Waals surface area contributed by atoms with Crippen molar-refractivity contribution >= 4 is 34.9 Å². The molecule has 2 aromatic rings. The zero-order valence-corrected chi connectivity index (χ0v) is 18.6. The molecule has 2 aromatic carbocycles. The van der Waals surface area contributed by atoms with E-state index in [2.05, 4.69) is 5.32 Å². The SMILES string of the molecule is CC1COC2(CCC3(CC2)NC(=O)C(c2cc(-c4ccc(Cl)cc4)ccc2Cl)C3=O)O1. The van der Waals surface area contributed by atoms with Crippen molar-refractivity contribution in [1.82, 2.24) is 5.32 Å². The molecule has 1 saturated carbocycles. The Morgan fingerprint density at radius 3 is 2.29 bits per heavy atom. The number of Topliss-reactive ketones (excluding diaryl/α,β-unsaturated/α-hetero) is 1. The summed E-state index contributed by atoms with van der Waals surface area (Å²) in [6.07, 6.45) is 2.19. The van der Waals surface area contributed by atoms with E-state index in [-0.39, 0.29) is 17.8 Å². The largest absolute Gasteiger partial charge is 0.347 e. The molecule has 5 nitrogen and oxygen atoms in total. The molecule has 2 saturated heterocycles. The lowest BCUT2D eigenvalue weighted by molar-refractivity contribution is -0.193. The van der Waals surface area contributed by atoms with Crippen LogP contribution in [0.5, 0.6) is 0 Å². The highest BCUT2D eigenvalue weighted by atomic mass is 35.5. The van der Waals surface area contributed by atoms with Crippen LogP contribution in [0.1, 0.15) is 44.1 Å². The van der Waals surface area contributed by atoms with Gasteiger partial charge in [-0.2, -0.15) is 0 Å². The van der Waals surface area contributed by atoms with E-state index in [0.717, 1.165) is 11.1 Å². The molecule has 1 aliphatic carbocycles. The topological polar surface area (TPSA) is 64.6 Å². The number of halogens is 2. The van der Waals surface area contributed by atoms with E-state index in [1.807, 2.05) is 31.2 Å². The van der Waals surface area contributed by atoms with Gasteiger partial charge < -0.3 is 14.8 Å². The standard InChI is InChI=1S/C24H23Cl2NO4/c1-14-13-30-24(31-14)10-8-23(9-11-24)21(28)20(22(29)27-23)18-12-16(4-7-19(18)26)15-2-5-17(25)6-3-15/h2-7,12,14,20H,8-11,13H2,1H3,(H,27,29). The van der Waals surface area contributed by atoms with E-state index in [1.54, 1.807) is 18.2 Å². The third-order valence-corrected chi connectivity index (χ3v) is 7.30. The number of nitrogens with one attached hydrogen (secondary N) is 1. The molecule has 0 aromatic heterocycles.